The minimum atomic E-state index is 0. The third kappa shape index (κ3) is 12.9. The summed E-state index contributed by atoms with van der Waals surface area (Å²) in [5.41, 5.74) is 0. The van der Waals surface area contributed by atoms with Crippen molar-refractivity contribution in [3.05, 3.63) is 0 Å². The van der Waals surface area contributed by atoms with Gasteiger partial charge in [-0.1, -0.05) is 0 Å². The van der Waals surface area contributed by atoms with Crippen LogP contribution in [0.25, 0.3) is 0 Å². The fourth-order valence-corrected chi connectivity index (χ4v) is 0. The number of hydrogen-bond donors (Lipinski definition) is 0. The van der Waals surface area contributed by atoms with Crippen LogP contribution >= 0.6 is 0 Å². The summed E-state index contributed by atoms with van der Waals surface area (Å²) in [4.78, 5) is 0. The maximum atomic E-state index is 8.18. The van der Waals surface area contributed by atoms with E-state index in [2.05, 4.69) is 0 Å². The Bertz CT molecular complexity index is 6.00. The first-order valence-electron chi connectivity index (χ1n) is 0.144. The monoisotopic (exact) mass is 191 g/mol. The Morgan fingerprint density at radius 1 is 1.25 bits per heavy atom. The molecular formula is H2MnO2Ru. The van der Waals surface area contributed by atoms with Crippen LogP contribution in [0.3, 0.4) is 0 Å². The van der Waals surface area contributed by atoms with Crippen molar-refractivity contribution in [3.63, 3.8) is 0 Å². The Kier molecular flexibility index (Phi) is 208. The van der Waals surface area contributed by atoms with E-state index < -0.39 is 0 Å². The fourth-order valence-electron chi connectivity index (χ4n) is 0. The SMILES string of the molecule is O.[Mn].[O]=[Ru]. The van der Waals surface area contributed by atoms with Crippen LogP contribution in [0.15, 0.2) is 0 Å². The second kappa shape index (κ2) is 40.3. The van der Waals surface area contributed by atoms with Gasteiger partial charge in [-0.15, -0.1) is 0 Å². The van der Waals surface area contributed by atoms with Gasteiger partial charge >= 0.3 is 21.8 Å². The third-order valence-corrected chi connectivity index (χ3v) is 0. The van der Waals surface area contributed by atoms with E-state index in [-0.39, 0.29) is 22.5 Å². The second-order valence-electron chi connectivity index (χ2n) is 0. The molecule has 0 saturated carbocycles. The van der Waals surface area contributed by atoms with Crippen molar-refractivity contribution in [2.24, 2.45) is 0 Å². The molecule has 0 atom stereocenters. The van der Waals surface area contributed by atoms with Crippen molar-refractivity contribution in [3.8, 4) is 0 Å². The predicted molar refractivity (Wildman–Crippen MR) is 4.30 cm³/mol. The minimum absolute atomic E-state index is 0. The van der Waals surface area contributed by atoms with E-state index in [0.717, 1.165) is 18.3 Å². The molecule has 1 radical (unpaired) electrons. The van der Waals surface area contributed by atoms with E-state index in [1.54, 1.807) is 0 Å². The fraction of sp³-hybridized carbons (Fsp3) is 0. The Morgan fingerprint density at radius 2 is 1.25 bits per heavy atom. The van der Waals surface area contributed by atoms with Gasteiger partial charge in [0.15, 0.2) is 0 Å². The normalized spacial score (nSPS) is 1.25. The van der Waals surface area contributed by atoms with Crippen LogP contribution in [0.2, 0.25) is 0 Å². The van der Waals surface area contributed by atoms with Crippen LogP contribution in [0, 0.1) is 0 Å². The second-order valence-corrected chi connectivity index (χ2v) is 0. The summed E-state index contributed by atoms with van der Waals surface area (Å²) in [6.07, 6.45) is 0. The van der Waals surface area contributed by atoms with Gasteiger partial charge in [0.25, 0.3) is 0 Å². The molecule has 0 aliphatic carbocycles. The van der Waals surface area contributed by atoms with E-state index in [1.807, 2.05) is 0 Å². The number of hydrogen-bond acceptors (Lipinski definition) is 1. The zero-order chi connectivity index (χ0) is 2.00. The molecule has 0 saturated heterocycles. The molecule has 29 valence electrons. The molecule has 0 bridgehead atoms. The molecule has 0 spiro atoms. The maximum absolute atomic E-state index is 8.18. The first-order valence-corrected chi connectivity index (χ1v) is 0.854. The molecule has 0 aromatic carbocycles. The standard InChI is InChI=1S/Mn.H2O.O.Ru/h;1H2;;. The molecule has 4 heteroatoms. The van der Waals surface area contributed by atoms with Gasteiger partial charge in [0.2, 0.25) is 0 Å². The van der Waals surface area contributed by atoms with Gasteiger partial charge < -0.3 is 5.48 Å². The van der Waals surface area contributed by atoms with Gasteiger partial charge in [0.05, 0.1) is 0 Å². The van der Waals surface area contributed by atoms with Crippen LogP contribution in [-0.2, 0) is 38.9 Å². The van der Waals surface area contributed by atoms with Gasteiger partial charge in [0.1, 0.15) is 0 Å². The van der Waals surface area contributed by atoms with E-state index in [4.69, 9.17) is 3.57 Å². The van der Waals surface area contributed by atoms with Crippen LogP contribution in [0.4, 0.5) is 0 Å². The molecule has 2 N–H and O–H groups in total. The molecule has 0 aliphatic rings. The average molecular weight is 190 g/mol. The van der Waals surface area contributed by atoms with E-state index in [9.17, 15) is 0 Å². The summed E-state index contributed by atoms with van der Waals surface area (Å²) in [6, 6.07) is 0. The molecule has 0 fully saturated rings. The summed E-state index contributed by atoms with van der Waals surface area (Å²) in [5.74, 6) is 0. The van der Waals surface area contributed by atoms with Crippen LogP contribution in [0.5, 0.6) is 0 Å². The van der Waals surface area contributed by atoms with Crippen molar-refractivity contribution < 1.29 is 44.4 Å². The van der Waals surface area contributed by atoms with Gasteiger partial charge in [-0.2, -0.15) is 0 Å². The molecular weight excluding hydrogens is 188 g/mol. The third-order valence-electron chi connectivity index (χ3n) is 0. The summed E-state index contributed by atoms with van der Waals surface area (Å²) < 4.78 is 8.18. The summed E-state index contributed by atoms with van der Waals surface area (Å²) >= 11 is 1.10. The van der Waals surface area contributed by atoms with E-state index in [1.165, 1.54) is 0 Å². The molecule has 0 aromatic heterocycles. The van der Waals surface area contributed by atoms with Crippen LogP contribution < -0.4 is 0 Å². The molecule has 0 heterocycles. The van der Waals surface area contributed by atoms with Gasteiger partial charge in [-0.05, 0) is 0 Å². The molecule has 0 aliphatic heterocycles. The first-order chi connectivity index (χ1) is 1.00. The zero-order valence-corrected chi connectivity index (χ0v) is 4.56. The van der Waals surface area contributed by atoms with Crippen molar-refractivity contribution in [1.82, 2.24) is 0 Å². The van der Waals surface area contributed by atoms with Gasteiger partial charge in [-0.25, -0.2) is 0 Å². The van der Waals surface area contributed by atoms with E-state index >= 15 is 0 Å². The van der Waals surface area contributed by atoms with Gasteiger partial charge in [-0.3, -0.25) is 0 Å². The molecule has 0 rings (SSSR count). The summed E-state index contributed by atoms with van der Waals surface area (Å²) in [6.45, 7) is 0. The molecule has 4 heavy (non-hydrogen) atoms. The Labute approximate surface area is 44.7 Å². The topological polar surface area (TPSA) is 48.6 Å². The predicted octanol–water partition coefficient (Wildman–Crippen LogP) is -0.949. The van der Waals surface area contributed by atoms with Crippen LogP contribution in [-0.4, -0.2) is 5.48 Å². The molecule has 0 amide bonds. The average Bonchev–Trinajstić information content (AvgIpc) is 1.00. The summed E-state index contributed by atoms with van der Waals surface area (Å²) in [7, 11) is 0. The Hall–Kier alpha value is 0.903. The Balaban J connectivity index is -0.00000000500. The quantitative estimate of drug-likeness (QED) is 0.454. The zero-order valence-electron chi connectivity index (χ0n) is 1.64. The summed E-state index contributed by atoms with van der Waals surface area (Å²) in [5, 5.41) is 0. The van der Waals surface area contributed by atoms with Gasteiger partial charge in [0, 0.05) is 17.1 Å². The number of rotatable bonds is 0. The first kappa shape index (κ1) is 20.6. The molecule has 0 unspecified atom stereocenters. The van der Waals surface area contributed by atoms with Crippen molar-refractivity contribution in [1.29, 1.82) is 0 Å². The van der Waals surface area contributed by atoms with Crippen molar-refractivity contribution in [2.75, 3.05) is 0 Å². The molecule has 0 aromatic rings. The Morgan fingerprint density at radius 3 is 1.25 bits per heavy atom. The molecule has 2 nitrogen and oxygen atoms in total. The van der Waals surface area contributed by atoms with Crippen molar-refractivity contribution >= 4 is 0 Å². The van der Waals surface area contributed by atoms with E-state index in [0.29, 0.717) is 0 Å². The van der Waals surface area contributed by atoms with Crippen LogP contribution in [0.1, 0.15) is 0 Å². The van der Waals surface area contributed by atoms with Crippen molar-refractivity contribution in [2.45, 2.75) is 0 Å².